The van der Waals surface area contributed by atoms with Crippen molar-refractivity contribution in [3.8, 4) is 0 Å². The average Bonchev–Trinajstić information content (AvgIpc) is 2.59. The van der Waals surface area contributed by atoms with Crippen LogP contribution in [0.15, 0.2) is 29.2 Å². The summed E-state index contributed by atoms with van der Waals surface area (Å²) in [7, 11) is 3.54. The van der Waals surface area contributed by atoms with Crippen LogP contribution in [0.1, 0.15) is 5.56 Å². The van der Waals surface area contributed by atoms with E-state index in [-0.39, 0.29) is 17.6 Å². The molecule has 0 spiro atoms. The van der Waals surface area contributed by atoms with E-state index >= 15 is 0 Å². The third-order valence-corrected chi connectivity index (χ3v) is 3.76. The van der Waals surface area contributed by atoms with Crippen LogP contribution in [0.25, 0.3) is 5.57 Å². The van der Waals surface area contributed by atoms with Crippen molar-refractivity contribution in [1.82, 2.24) is 14.4 Å². The van der Waals surface area contributed by atoms with Crippen molar-refractivity contribution in [2.75, 3.05) is 20.1 Å². The van der Waals surface area contributed by atoms with Gasteiger partial charge < -0.3 is 14.4 Å². The summed E-state index contributed by atoms with van der Waals surface area (Å²) >= 11 is 0. The first-order valence-electron chi connectivity index (χ1n) is 5.97. The number of urea groups is 1. The molecule has 2 amide bonds. The molecule has 1 aromatic heterocycles. The number of nitrogens with zero attached hydrogens (tertiary/aromatic N) is 3. The number of rotatable bonds is 1. The first-order valence-corrected chi connectivity index (χ1v) is 5.97. The lowest BCUT2D eigenvalue weighted by Gasteiger charge is -2.23. The van der Waals surface area contributed by atoms with Crippen LogP contribution in [0, 0.1) is 0 Å². The van der Waals surface area contributed by atoms with Gasteiger partial charge in [0.25, 0.3) is 5.56 Å². The summed E-state index contributed by atoms with van der Waals surface area (Å²) in [6.07, 6.45) is 3.81. The van der Waals surface area contributed by atoms with Crippen LogP contribution in [-0.2, 0) is 7.05 Å². The summed E-state index contributed by atoms with van der Waals surface area (Å²) in [5.74, 6) is 0. The molecular weight excluding hydrogens is 230 g/mol. The van der Waals surface area contributed by atoms with Gasteiger partial charge in [0.15, 0.2) is 0 Å². The van der Waals surface area contributed by atoms with Crippen molar-refractivity contribution in [3.63, 3.8) is 0 Å². The number of carbonyl (C=O) groups is 1. The van der Waals surface area contributed by atoms with Crippen molar-refractivity contribution in [2.24, 2.45) is 7.05 Å². The molecule has 0 aromatic carbocycles. The fourth-order valence-electron chi connectivity index (χ4n) is 2.61. The largest absolute Gasteiger partial charge is 0.320 e. The van der Waals surface area contributed by atoms with Gasteiger partial charge in [0, 0.05) is 39.4 Å². The Balaban J connectivity index is 2.03. The summed E-state index contributed by atoms with van der Waals surface area (Å²) in [5.41, 5.74) is 1.98. The molecule has 1 unspecified atom stereocenters. The Hall–Kier alpha value is -2.04. The molecule has 0 N–H and O–H groups in total. The Morgan fingerprint density at radius 2 is 2.06 bits per heavy atom. The Bertz CT molecular complexity index is 602. The van der Waals surface area contributed by atoms with E-state index < -0.39 is 0 Å². The molecule has 94 valence electrons. The molecule has 3 rings (SSSR count). The van der Waals surface area contributed by atoms with Gasteiger partial charge in [-0.05, 0) is 17.2 Å². The highest BCUT2D eigenvalue weighted by Gasteiger charge is 2.39. The molecule has 1 saturated heterocycles. The molecule has 2 aliphatic rings. The molecule has 5 nitrogen and oxygen atoms in total. The van der Waals surface area contributed by atoms with Gasteiger partial charge in [0.05, 0.1) is 6.04 Å². The summed E-state index contributed by atoms with van der Waals surface area (Å²) in [6.45, 7) is 1.35. The van der Waals surface area contributed by atoms with Crippen molar-refractivity contribution >= 4 is 11.6 Å². The minimum atomic E-state index is -0.0252. The predicted octanol–water partition coefficient (Wildman–Crippen LogP) is 0.518. The van der Waals surface area contributed by atoms with Gasteiger partial charge in [-0.3, -0.25) is 4.79 Å². The minimum absolute atomic E-state index is 0.0252. The van der Waals surface area contributed by atoms with Crippen molar-refractivity contribution in [1.29, 1.82) is 0 Å². The summed E-state index contributed by atoms with van der Waals surface area (Å²) in [4.78, 5) is 27.1. The third kappa shape index (κ3) is 1.47. The van der Waals surface area contributed by atoms with E-state index in [9.17, 15) is 9.59 Å². The number of hydrogen-bond acceptors (Lipinski definition) is 2. The minimum Gasteiger partial charge on any atom is -0.319 e. The second kappa shape index (κ2) is 3.73. The molecule has 1 atom stereocenters. The fourth-order valence-corrected chi connectivity index (χ4v) is 2.61. The lowest BCUT2D eigenvalue weighted by molar-refractivity contribution is 0.202. The van der Waals surface area contributed by atoms with Crippen LogP contribution >= 0.6 is 0 Å². The second-order valence-corrected chi connectivity index (χ2v) is 4.84. The molecule has 2 aliphatic heterocycles. The van der Waals surface area contributed by atoms with Crippen molar-refractivity contribution < 1.29 is 4.79 Å². The summed E-state index contributed by atoms with van der Waals surface area (Å²) in [5, 5.41) is 0. The normalized spacial score (nSPS) is 22.4. The molecule has 2 bridgehead atoms. The Morgan fingerprint density at radius 1 is 1.28 bits per heavy atom. The first kappa shape index (κ1) is 11.1. The number of fused-ring (bicyclic) bond motifs is 2. The Labute approximate surface area is 105 Å². The smallest absolute Gasteiger partial charge is 0.319 e. The molecular formula is C13H15N3O2. The molecule has 5 heteroatoms. The van der Waals surface area contributed by atoms with Crippen LogP contribution in [-0.4, -0.2) is 46.6 Å². The summed E-state index contributed by atoms with van der Waals surface area (Å²) < 4.78 is 1.54. The van der Waals surface area contributed by atoms with Gasteiger partial charge >= 0.3 is 6.03 Å². The van der Waals surface area contributed by atoms with E-state index in [0.29, 0.717) is 6.54 Å². The van der Waals surface area contributed by atoms with E-state index in [0.717, 1.165) is 17.7 Å². The Kier molecular flexibility index (Phi) is 2.29. The maximum Gasteiger partial charge on any atom is 0.320 e. The first-order chi connectivity index (χ1) is 8.58. The highest BCUT2D eigenvalue weighted by molar-refractivity contribution is 5.85. The number of carbonyl (C=O) groups excluding carboxylic acids is 1. The van der Waals surface area contributed by atoms with E-state index in [1.807, 2.05) is 24.1 Å². The fraction of sp³-hybridized carbons (Fsp3) is 0.385. The standard InChI is InChI=1S/C13H15N3O2/c1-14-5-3-9(7-12(14)17)10-4-6-16-8-11(10)15(2)13(16)18/h3-5,7,11H,6,8H2,1-2H3. The van der Waals surface area contributed by atoms with Crippen molar-refractivity contribution in [2.45, 2.75) is 6.04 Å². The number of aryl methyl sites for hydroxylation is 1. The molecule has 18 heavy (non-hydrogen) atoms. The highest BCUT2D eigenvalue weighted by atomic mass is 16.2. The van der Waals surface area contributed by atoms with Crippen molar-refractivity contribution in [3.05, 3.63) is 40.3 Å². The predicted molar refractivity (Wildman–Crippen MR) is 68.2 cm³/mol. The van der Waals surface area contributed by atoms with Gasteiger partial charge in [-0.2, -0.15) is 0 Å². The number of aromatic nitrogens is 1. The molecule has 3 heterocycles. The van der Waals surface area contributed by atoms with Crippen LogP contribution in [0.3, 0.4) is 0 Å². The number of pyridine rings is 1. The second-order valence-electron chi connectivity index (χ2n) is 4.84. The number of amides is 2. The lowest BCUT2D eigenvalue weighted by Crippen LogP contribution is -2.30. The zero-order valence-electron chi connectivity index (χ0n) is 10.5. The van der Waals surface area contributed by atoms with Gasteiger partial charge in [0.1, 0.15) is 0 Å². The topological polar surface area (TPSA) is 45.6 Å². The zero-order valence-corrected chi connectivity index (χ0v) is 10.5. The average molecular weight is 245 g/mol. The van der Waals surface area contributed by atoms with E-state index in [1.54, 1.807) is 28.8 Å². The van der Waals surface area contributed by atoms with Crippen LogP contribution in [0.4, 0.5) is 4.79 Å². The third-order valence-electron chi connectivity index (χ3n) is 3.76. The van der Waals surface area contributed by atoms with E-state index in [1.165, 1.54) is 0 Å². The summed E-state index contributed by atoms with van der Waals surface area (Å²) in [6, 6.07) is 3.70. The van der Waals surface area contributed by atoms with Gasteiger partial charge in [-0.15, -0.1) is 0 Å². The lowest BCUT2D eigenvalue weighted by atomic mass is 9.96. The molecule has 1 fully saturated rings. The maximum atomic E-state index is 11.8. The van der Waals surface area contributed by atoms with Gasteiger partial charge in [-0.25, -0.2) is 4.79 Å². The quantitative estimate of drug-likeness (QED) is 0.724. The molecule has 0 aliphatic carbocycles. The maximum absolute atomic E-state index is 11.8. The Morgan fingerprint density at radius 3 is 2.78 bits per heavy atom. The highest BCUT2D eigenvalue weighted by Crippen LogP contribution is 2.30. The van der Waals surface area contributed by atoms with Crippen LogP contribution in [0.2, 0.25) is 0 Å². The van der Waals surface area contributed by atoms with Gasteiger partial charge in [0.2, 0.25) is 0 Å². The van der Waals surface area contributed by atoms with Crippen LogP contribution < -0.4 is 5.56 Å². The SMILES string of the molecule is CN1C(=O)N2CC=C(c3ccn(C)c(=O)c3)C1C2. The van der Waals surface area contributed by atoms with Gasteiger partial charge in [-0.1, -0.05) is 6.08 Å². The number of hydrogen-bond donors (Lipinski definition) is 0. The molecule has 0 radical (unpaired) electrons. The molecule has 0 saturated carbocycles. The monoisotopic (exact) mass is 245 g/mol. The van der Waals surface area contributed by atoms with E-state index in [4.69, 9.17) is 0 Å². The molecule has 1 aromatic rings. The zero-order chi connectivity index (χ0) is 12.9. The van der Waals surface area contributed by atoms with E-state index in [2.05, 4.69) is 0 Å². The number of likely N-dealkylation sites (N-methyl/N-ethyl adjacent to an activating group) is 1. The van der Waals surface area contributed by atoms with Crippen LogP contribution in [0.5, 0.6) is 0 Å².